The van der Waals surface area contributed by atoms with Gasteiger partial charge >= 0.3 is 0 Å². The van der Waals surface area contributed by atoms with E-state index in [0.717, 1.165) is 42.1 Å². The molecule has 0 radical (unpaired) electrons. The van der Waals surface area contributed by atoms with Gasteiger partial charge in [-0.3, -0.25) is 4.57 Å². The van der Waals surface area contributed by atoms with E-state index in [1.807, 2.05) is 4.57 Å². The molecule has 0 aliphatic carbocycles. The molecule has 2 N–H and O–H groups in total. The summed E-state index contributed by atoms with van der Waals surface area (Å²) in [5, 5.41) is 9.34. The average Bonchev–Trinajstić information content (AvgIpc) is 3.16. The SMILES string of the molecule is NCCc1nnc(SC[C@@H]2CCOC2)n1-c1ccc(F)cc1. The van der Waals surface area contributed by atoms with Crippen molar-refractivity contribution in [2.45, 2.75) is 18.0 Å². The van der Waals surface area contributed by atoms with Crippen LogP contribution < -0.4 is 5.73 Å². The highest BCUT2D eigenvalue weighted by Gasteiger charge is 2.19. The normalized spacial score (nSPS) is 18.0. The highest BCUT2D eigenvalue weighted by atomic mass is 32.2. The molecule has 1 aromatic heterocycles. The van der Waals surface area contributed by atoms with Gasteiger partial charge in [-0.2, -0.15) is 0 Å². The number of hydrogen-bond acceptors (Lipinski definition) is 5. The van der Waals surface area contributed by atoms with Crippen molar-refractivity contribution < 1.29 is 9.13 Å². The van der Waals surface area contributed by atoms with Gasteiger partial charge in [0, 0.05) is 24.5 Å². The van der Waals surface area contributed by atoms with E-state index in [4.69, 9.17) is 10.5 Å². The molecule has 0 bridgehead atoms. The van der Waals surface area contributed by atoms with E-state index in [9.17, 15) is 4.39 Å². The van der Waals surface area contributed by atoms with Gasteiger partial charge in [-0.15, -0.1) is 10.2 Å². The summed E-state index contributed by atoms with van der Waals surface area (Å²) < 4.78 is 20.5. The van der Waals surface area contributed by atoms with E-state index in [1.165, 1.54) is 12.1 Å². The molecule has 1 aromatic carbocycles. The Kier molecular flexibility index (Phi) is 5.07. The van der Waals surface area contributed by atoms with Crippen LogP contribution in [0, 0.1) is 11.7 Å². The van der Waals surface area contributed by atoms with Gasteiger partial charge in [-0.1, -0.05) is 11.8 Å². The van der Waals surface area contributed by atoms with Gasteiger partial charge in [-0.25, -0.2) is 4.39 Å². The average molecular weight is 322 g/mol. The van der Waals surface area contributed by atoms with Gasteiger partial charge in [0.05, 0.1) is 6.61 Å². The molecule has 118 valence electrons. The maximum atomic E-state index is 13.2. The summed E-state index contributed by atoms with van der Waals surface area (Å²) in [5.74, 6) is 2.05. The van der Waals surface area contributed by atoms with Crippen LogP contribution in [0.25, 0.3) is 5.69 Å². The first-order chi connectivity index (χ1) is 10.8. The van der Waals surface area contributed by atoms with E-state index in [0.29, 0.717) is 18.9 Å². The molecule has 1 aliphatic rings. The minimum absolute atomic E-state index is 0.255. The van der Waals surface area contributed by atoms with E-state index in [1.54, 1.807) is 23.9 Å². The number of nitrogens with zero attached hydrogens (tertiary/aromatic N) is 3. The largest absolute Gasteiger partial charge is 0.381 e. The fourth-order valence-electron chi connectivity index (χ4n) is 2.44. The Labute approximate surface area is 133 Å². The van der Waals surface area contributed by atoms with Crippen molar-refractivity contribution in [3.8, 4) is 5.69 Å². The van der Waals surface area contributed by atoms with Crippen LogP contribution in [0.2, 0.25) is 0 Å². The first-order valence-corrected chi connectivity index (χ1v) is 8.37. The lowest BCUT2D eigenvalue weighted by molar-refractivity contribution is 0.189. The Morgan fingerprint density at radius 2 is 2.14 bits per heavy atom. The van der Waals surface area contributed by atoms with Crippen LogP contribution in [0.5, 0.6) is 0 Å². The number of ether oxygens (including phenoxy) is 1. The predicted octanol–water partition coefficient (Wildman–Crippen LogP) is 2.04. The topological polar surface area (TPSA) is 66.0 Å². The quantitative estimate of drug-likeness (QED) is 0.825. The second-order valence-electron chi connectivity index (χ2n) is 5.29. The molecule has 1 saturated heterocycles. The van der Waals surface area contributed by atoms with Crippen LogP contribution in [-0.4, -0.2) is 40.3 Å². The van der Waals surface area contributed by atoms with Crippen LogP contribution in [-0.2, 0) is 11.2 Å². The second kappa shape index (κ2) is 7.21. The Hall–Kier alpha value is -1.44. The highest BCUT2D eigenvalue weighted by Crippen LogP contribution is 2.26. The lowest BCUT2D eigenvalue weighted by atomic mass is 10.2. The first kappa shape index (κ1) is 15.5. The maximum Gasteiger partial charge on any atom is 0.195 e. The molecular formula is C15H19FN4OS. The molecule has 0 unspecified atom stereocenters. The van der Waals surface area contributed by atoms with Crippen LogP contribution in [0.1, 0.15) is 12.2 Å². The third-order valence-corrected chi connectivity index (χ3v) is 4.79. The Morgan fingerprint density at radius 1 is 1.32 bits per heavy atom. The fourth-order valence-corrected chi connectivity index (χ4v) is 3.53. The number of rotatable bonds is 6. The molecule has 1 atom stereocenters. The van der Waals surface area contributed by atoms with Crippen molar-refractivity contribution >= 4 is 11.8 Å². The van der Waals surface area contributed by atoms with Gasteiger partial charge in [0.25, 0.3) is 0 Å². The van der Waals surface area contributed by atoms with Crippen LogP contribution in [0.3, 0.4) is 0 Å². The number of hydrogen-bond donors (Lipinski definition) is 1. The lowest BCUT2D eigenvalue weighted by Gasteiger charge is -2.11. The minimum atomic E-state index is -0.255. The summed E-state index contributed by atoms with van der Waals surface area (Å²) in [6.45, 7) is 2.15. The van der Waals surface area contributed by atoms with E-state index in [2.05, 4.69) is 10.2 Å². The van der Waals surface area contributed by atoms with Gasteiger partial charge in [0.2, 0.25) is 0 Å². The van der Waals surface area contributed by atoms with Crippen molar-refractivity contribution in [2.24, 2.45) is 11.7 Å². The molecule has 2 aromatic rings. The van der Waals surface area contributed by atoms with Gasteiger partial charge in [-0.05, 0) is 43.1 Å². The zero-order valence-electron chi connectivity index (χ0n) is 12.2. The molecule has 3 rings (SSSR count). The van der Waals surface area contributed by atoms with Crippen molar-refractivity contribution in [1.29, 1.82) is 0 Å². The monoisotopic (exact) mass is 322 g/mol. The molecule has 22 heavy (non-hydrogen) atoms. The Bertz CT molecular complexity index is 611. The zero-order valence-corrected chi connectivity index (χ0v) is 13.1. The molecule has 1 fully saturated rings. The van der Waals surface area contributed by atoms with Crippen molar-refractivity contribution in [2.75, 3.05) is 25.5 Å². The molecule has 1 aliphatic heterocycles. The fraction of sp³-hybridized carbons (Fsp3) is 0.467. The number of halogens is 1. The van der Waals surface area contributed by atoms with Gasteiger partial charge in [0.15, 0.2) is 5.16 Å². The molecular weight excluding hydrogens is 303 g/mol. The van der Waals surface area contributed by atoms with E-state index in [-0.39, 0.29) is 5.82 Å². The number of nitrogens with two attached hydrogens (primary N) is 1. The van der Waals surface area contributed by atoms with E-state index >= 15 is 0 Å². The van der Waals surface area contributed by atoms with Crippen LogP contribution in [0.4, 0.5) is 4.39 Å². The molecule has 5 nitrogen and oxygen atoms in total. The van der Waals surface area contributed by atoms with Crippen molar-refractivity contribution in [3.63, 3.8) is 0 Å². The summed E-state index contributed by atoms with van der Waals surface area (Å²) in [6, 6.07) is 6.37. The smallest absolute Gasteiger partial charge is 0.195 e. The second-order valence-corrected chi connectivity index (χ2v) is 6.28. The summed E-state index contributed by atoms with van der Waals surface area (Å²) >= 11 is 1.66. The summed E-state index contributed by atoms with van der Waals surface area (Å²) in [6.07, 6.45) is 1.73. The zero-order chi connectivity index (χ0) is 15.4. The third kappa shape index (κ3) is 3.48. The number of thioether (sulfide) groups is 1. The predicted molar refractivity (Wildman–Crippen MR) is 83.7 cm³/mol. The Balaban J connectivity index is 1.83. The lowest BCUT2D eigenvalue weighted by Crippen LogP contribution is -2.10. The van der Waals surface area contributed by atoms with Gasteiger partial charge in [0.1, 0.15) is 11.6 Å². The van der Waals surface area contributed by atoms with Crippen LogP contribution >= 0.6 is 11.8 Å². The van der Waals surface area contributed by atoms with E-state index < -0.39 is 0 Å². The summed E-state index contributed by atoms with van der Waals surface area (Å²) in [5.41, 5.74) is 6.51. The number of aromatic nitrogens is 3. The van der Waals surface area contributed by atoms with Crippen molar-refractivity contribution in [1.82, 2.24) is 14.8 Å². The molecule has 2 heterocycles. The standard InChI is InChI=1S/C15H19FN4OS/c16-12-1-3-13(4-2-12)20-14(5-7-17)18-19-15(20)22-10-11-6-8-21-9-11/h1-4,11H,5-10,17H2/t11-/m1/s1. The molecule has 0 saturated carbocycles. The highest BCUT2D eigenvalue weighted by molar-refractivity contribution is 7.99. The van der Waals surface area contributed by atoms with Gasteiger partial charge < -0.3 is 10.5 Å². The Morgan fingerprint density at radius 3 is 2.82 bits per heavy atom. The number of benzene rings is 1. The summed E-state index contributed by atoms with van der Waals surface area (Å²) in [4.78, 5) is 0. The summed E-state index contributed by atoms with van der Waals surface area (Å²) in [7, 11) is 0. The maximum absolute atomic E-state index is 13.2. The first-order valence-electron chi connectivity index (χ1n) is 7.39. The molecule has 0 spiro atoms. The third-order valence-electron chi connectivity index (χ3n) is 3.63. The van der Waals surface area contributed by atoms with Crippen LogP contribution in [0.15, 0.2) is 29.4 Å². The molecule has 7 heteroatoms. The van der Waals surface area contributed by atoms with Crippen molar-refractivity contribution in [3.05, 3.63) is 35.9 Å². The minimum Gasteiger partial charge on any atom is -0.381 e. The molecule has 0 amide bonds.